The Morgan fingerprint density at radius 3 is 2.50 bits per heavy atom. The Labute approximate surface area is 36.9 Å². The largest absolute Gasteiger partial charge is 0.516 e. The second-order valence-corrected chi connectivity index (χ2v) is 0.712. The number of allylic oxidation sites excluding steroid dienone is 2. The minimum absolute atomic E-state index is 0.929. The van der Waals surface area contributed by atoms with E-state index in [2.05, 4.69) is 12.3 Å². The molecule has 0 saturated carbocycles. The molecule has 0 aromatic rings. The average molecular weight is 82.1 g/mol. The van der Waals surface area contributed by atoms with Gasteiger partial charge in [-0.3, -0.25) is 0 Å². The van der Waals surface area contributed by atoms with Crippen LogP contribution in [0.15, 0.2) is 30.7 Å². The summed E-state index contributed by atoms with van der Waals surface area (Å²) in [7, 11) is 0. The zero-order valence-corrected chi connectivity index (χ0v) is 3.39. The first-order valence-corrected chi connectivity index (χ1v) is 1.57. The average Bonchev–Trinajstić information content (AvgIpc) is 1.61. The van der Waals surface area contributed by atoms with Crippen molar-refractivity contribution in [3.05, 3.63) is 30.7 Å². The normalized spacial score (nSPS) is 8.00. The summed E-state index contributed by atoms with van der Waals surface area (Å²) < 4.78 is 0. The number of rotatable bonds is 1. The SMILES string of the molecule is C=C=C/C=C/O. The maximum absolute atomic E-state index is 7.92. The van der Waals surface area contributed by atoms with Crippen molar-refractivity contribution in [3.8, 4) is 0 Å². The molecule has 0 fully saturated rings. The fourth-order valence-electron chi connectivity index (χ4n) is 0.111. The smallest absolute Gasteiger partial charge is 0.0797 e. The molecule has 0 aromatic heterocycles. The molecule has 6 heavy (non-hydrogen) atoms. The van der Waals surface area contributed by atoms with Crippen molar-refractivity contribution < 1.29 is 5.11 Å². The van der Waals surface area contributed by atoms with Gasteiger partial charge in [0.2, 0.25) is 0 Å². The predicted molar refractivity (Wildman–Crippen MR) is 25.5 cm³/mol. The molecule has 0 saturated heterocycles. The first kappa shape index (κ1) is 5.06. The molecule has 0 aliphatic rings. The van der Waals surface area contributed by atoms with Crippen molar-refractivity contribution in [2.45, 2.75) is 0 Å². The fraction of sp³-hybridized carbons (Fsp3) is 0. The summed E-state index contributed by atoms with van der Waals surface area (Å²) in [6.45, 7) is 3.26. The Morgan fingerprint density at radius 2 is 2.33 bits per heavy atom. The van der Waals surface area contributed by atoms with Crippen LogP contribution in [0.4, 0.5) is 0 Å². The molecule has 0 radical (unpaired) electrons. The van der Waals surface area contributed by atoms with Crippen LogP contribution in [0.25, 0.3) is 0 Å². The summed E-state index contributed by atoms with van der Waals surface area (Å²) in [5.74, 6) is 0. The van der Waals surface area contributed by atoms with Gasteiger partial charge in [0.15, 0.2) is 0 Å². The Hall–Kier alpha value is -0.940. The zero-order chi connectivity index (χ0) is 4.83. The number of hydrogen-bond acceptors (Lipinski definition) is 1. The minimum Gasteiger partial charge on any atom is -0.516 e. The Kier molecular flexibility index (Phi) is 3.42. The second-order valence-electron chi connectivity index (χ2n) is 0.712. The van der Waals surface area contributed by atoms with Crippen LogP contribution < -0.4 is 0 Å². The Bertz CT molecular complexity index is 86.1. The number of hydrogen-bond donors (Lipinski definition) is 1. The van der Waals surface area contributed by atoms with E-state index in [0.717, 1.165) is 6.26 Å². The molecule has 0 rings (SSSR count). The van der Waals surface area contributed by atoms with E-state index in [1.54, 1.807) is 0 Å². The summed E-state index contributed by atoms with van der Waals surface area (Å²) in [6.07, 6.45) is 3.88. The fourth-order valence-corrected chi connectivity index (χ4v) is 0.111. The van der Waals surface area contributed by atoms with Crippen LogP contribution in [0.2, 0.25) is 0 Å². The van der Waals surface area contributed by atoms with Crippen molar-refractivity contribution in [1.82, 2.24) is 0 Å². The molecule has 0 spiro atoms. The van der Waals surface area contributed by atoms with Crippen molar-refractivity contribution in [1.29, 1.82) is 0 Å². The van der Waals surface area contributed by atoms with Crippen LogP contribution in [0.5, 0.6) is 0 Å². The molecule has 0 aromatic carbocycles. The van der Waals surface area contributed by atoms with E-state index in [4.69, 9.17) is 5.11 Å². The molecule has 1 heteroatoms. The summed E-state index contributed by atoms with van der Waals surface area (Å²) in [5.41, 5.74) is 2.45. The highest BCUT2D eigenvalue weighted by Gasteiger charge is 1.47. The molecular formula is C5H6O. The maximum atomic E-state index is 7.92. The first-order valence-electron chi connectivity index (χ1n) is 1.57. The first-order chi connectivity index (χ1) is 2.91. The summed E-state index contributed by atoms with van der Waals surface area (Å²) >= 11 is 0. The van der Waals surface area contributed by atoms with Crippen molar-refractivity contribution in [2.24, 2.45) is 0 Å². The lowest BCUT2D eigenvalue weighted by Crippen LogP contribution is -1.42. The van der Waals surface area contributed by atoms with E-state index in [9.17, 15) is 0 Å². The van der Waals surface area contributed by atoms with Crippen molar-refractivity contribution in [2.75, 3.05) is 0 Å². The summed E-state index contributed by atoms with van der Waals surface area (Å²) in [4.78, 5) is 0. The molecule has 0 unspecified atom stereocenters. The molecule has 0 amide bonds. The van der Waals surface area contributed by atoms with Gasteiger partial charge in [0.1, 0.15) is 0 Å². The second kappa shape index (κ2) is 4.06. The highest BCUT2D eigenvalue weighted by Crippen LogP contribution is 1.64. The van der Waals surface area contributed by atoms with Gasteiger partial charge in [-0.25, -0.2) is 0 Å². The van der Waals surface area contributed by atoms with E-state index in [-0.39, 0.29) is 0 Å². The van der Waals surface area contributed by atoms with Gasteiger partial charge >= 0.3 is 0 Å². The summed E-state index contributed by atoms with van der Waals surface area (Å²) in [5, 5.41) is 7.92. The summed E-state index contributed by atoms with van der Waals surface area (Å²) in [6, 6.07) is 0. The molecule has 0 aliphatic heterocycles. The van der Waals surface area contributed by atoms with Crippen LogP contribution in [0, 0.1) is 0 Å². The Balaban J connectivity index is 3.33. The number of aliphatic hydroxyl groups excluding tert-OH is 1. The quantitative estimate of drug-likeness (QED) is 0.288. The van der Waals surface area contributed by atoms with Crippen molar-refractivity contribution in [3.63, 3.8) is 0 Å². The number of aliphatic hydroxyl groups is 1. The van der Waals surface area contributed by atoms with Gasteiger partial charge in [-0.2, -0.15) is 0 Å². The Morgan fingerprint density at radius 1 is 1.67 bits per heavy atom. The third-order valence-corrected chi connectivity index (χ3v) is 0.300. The van der Waals surface area contributed by atoms with E-state index >= 15 is 0 Å². The predicted octanol–water partition coefficient (Wildman–Crippen LogP) is 1.40. The van der Waals surface area contributed by atoms with Crippen LogP contribution in [-0.2, 0) is 0 Å². The van der Waals surface area contributed by atoms with Crippen LogP contribution in [-0.4, -0.2) is 5.11 Å². The van der Waals surface area contributed by atoms with E-state index in [0.29, 0.717) is 0 Å². The van der Waals surface area contributed by atoms with Crippen LogP contribution >= 0.6 is 0 Å². The molecule has 0 atom stereocenters. The van der Waals surface area contributed by atoms with Gasteiger partial charge < -0.3 is 5.11 Å². The third-order valence-electron chi connectivity index (χ3n) is 0.300. The van der Waals surface area contributed by atoms with Gasteiger partial charge in [-0.15, -0.1) is 5.73 Å². The molecule has 0 aliphatic carbocycles. The highest BCUT2D eigenvalue weighted by atomic mass is 16.2. The molecule has 32 valence electrons. The van der Waals surface area contributed by atoms with Gasteiger partial charge in [0.25, 0.3) is 0 Å². The molecule has 1 nitrogen and oxygen atoms in total. The third kappa shape index (κ3) is 3.06. The monoisotopic (exact) mass is 82.0 g/mol. The maximum Gasteiger partial charge on any atom is 0.0797 e. The standard InChI is InChI=1S/C5H6O/c1-2-3-4-5-6/h3-6H,1H2/b5-4+. The molecular weight excluding hydrogens is 76.1 g/mol. The van der Waals surface area contributed by atoms with Gasteiger partial charge in [-0.05, 0) is 12.2 Å². The van der Waals surface area contributed by atoms with Crippen molar-refractivity contribution >= 4 is 0 Å². The van der Waals surface area contributed by atoms with E-state index < -0.39 is 0 Å². The van der Waals surface area contributed by atoms with Gasteiger partial charge in [0.05, 0.1) is 6.26 Å². The van der Waals surface area contributed by atoms with Crippen LogP contribution in [0.3, 0.4) is 0 Å². The van der Waals surface area contributed by atoms with Gasteiger partial charge in [-0.1, -0.05) is 6.58 Å². The van der Waals surface area contributed by atoms with Crippen LogP contribution in [0.1, 0.15) is 0 Å². The van der Waals surface area contributed by atoms with E-state index in [1.165, 1.54) is 12.2 Å². The lowest BCUT2D eigenvalue weighted by molar-refractivity contribution is 0.474. The topological polar surface area (TPSA) is 20.2 Å². The zero-order valence-electron chi connectivity index (χ0n) is 3.39. The minimum atomic E-state index is 0.929. The highest BCUT2D eigenvalue weighted by molar-refractivity contribution is 4.95. The lowest BCUT2D eigenvalue weighted by Gasteiger charge is -1.59. The van der Waals surface area contributed by atoms with E-state index in [1.807, 2.05) is 0 Å². The molecule has 0 heterocycles. The molecule has 0 bridgehead atoms. The molecule has 1 N–H and O–H groups in total. The van der Waals surface area contributed by atoms with Gasteiger partial charge in [0, 0.05) is 0 Å². The lowest BCUT2D eigenvalue weighted by atomic mass is 10.6.